The van der Waals surface area contributed by atoms with Gasteiger partial charge in [0.25, 0.3) is 0 Å². The first kappa shape index (κ1) is 16.9. The Balaban J connectivity index is 1.60. The largest absolute Gasteiger partial charge is 0.379 e. The Morgan fingerprint density at radius 3 is 2.77 bits per heavy atom. The predicted octanol–water partition coefficient (Wildman–Crippen LogP) is 1.55. The fourth-order valence-corrected chi connectivity index (χ4v) is 2.47. The molecule has 0 radical (unpaired) electrons. The number of nitrogens with one attached hydrogen (secondary N) is 2. The monoisotopic (exact) mass is 305 g/mol. The van der Waals surface area contributed by atoms with Crippen LogP contribution in [0.3, 0.4) is 0 Å². The Bertz CT molecular complexity index is 485. The van der Waals surface area contributed by atoms with Crippen molar-refractivity contribution in [3.05, 3.63) is 29.3 Å². The van der Waals surface area contributed by atoms with E-state index in [1.54, 1.807) is 0 Å². The highest BCUT2D eigenvalue weighted by atomic mass is 16.5. The zero-order valence-electron chi connectivity index (χ0n) is 13.7. The highest BCUT2D eigenvalue weighted by molar-refractivity contribution is 5.91. The van der Waals surface area contributed by atoms with Gasteiger partial charge < -0.3 is 15.4 Å². The Morgan fingerprint density at radius 2 is 2.00 bits per heavy atom. The summed E-state index contributed by atoms with van der Waals surface area (Å²) >= 11 is 0. The fourth-order valence-electron chi connectivity index (χ4n) is 2.47. The summed E-state index contributed by atoms with van der Waals surface area (Å²) < 4.78 is 5.32. The van der Waals surface area contributed by atoms with E-state index < -0.39 is 0 Å². The predicted molar refractivity (Wildman–Crippen MR) is 89.3 cm³/mol. The van der Waals surface area contributed by atoms with E-state index >= 15 is 0 Å². The minimum atomic E-state index is 0.0626. The molecule has 122 valence electrons. The maximum Gasteiger partial charge on any atom is 0.225 e. The van der Waals surface area contributed by atoms with Crippen molar-refractivity contribution in [3.63, 3.8) is 0 Å². The third kappa shape index (κ3) is 5.75. The van der Waals surface area contributed by atoms with E-state index in [-0.39, 0.29) is 5.91 Å². The second-order valence-corrected chi connectivity index (χ2v) is 5.82. The van der Waals surface area contributed by atoms with E-state index in [0.29, 0.717) is 13.0 Å². The SMILES string of the molecule is Cc1ccc(C)c(NC(=O)CCNCCN2CCOCC2)c1. The van der Waals surface area contributed by atoms with Crippen molar-refractivity contribution >= 4 is 11.6 Å². The molecule has 1 saturated heterocycles. The lowest BCUT2D eigenvalue weighted by atomic mass is 10.1. The third-order valence-corrected chi connectivity index (χ3v) is 3.90. The minimum Gasteiger partial charge on any atom is -0.379 e. The summed E-state index contributed by atoms with van der Waals surface area (Å²) in [5.74, 6) is 0.0626. The number of hydrogen-bond donors (Lipinski definition) is 2. The lowest BCUT2D eigenvalue weighted by molar-refractivity contribution is -0.116. The van der Waals surface area contributed by atoms with Gasteiger partial charge in [-0.1, -0.05) is 12.1 Å². The van der Waals surface area contributed by atoms with Gasteiger partial charge in [-0.3, -0.25) is 9.69 Å². The van der Waals surface area contributed by atoms with Crippen LogP contribution in [-0.4, -0.2) is 56.7 Å². The summed E-state index contributed by atoms with van der Waals surface area (Å²) in [4.78, 5) is 14.3. The minimum absolute atomic E-state index is 0.0626. The normalized spacial score (nSPS) is 15.7. The van der Waals surface area contributed by atoms with Crippen LogP contribution in [0.2, 0.25) is 0 Å². The Hall–Kier alpha value is -1.43. The molecule has 2 N–H and O–H groups in total. The molecule has 2 rings (SSSR count). The number of carbonyl (C=O) groups is 1. The van der Waals surface area contributed by atoms with Gasteiger partial charge in [0.15, 0.2) is 0 Å². The fraction of sp³-hybridized carbons (Fsp3) is 0.588. The van der Waals surface area contributed by atoms with Crippen LogP contribution in [-0.2, 0) is 9.53 Å². The molecule has 1 aliphatic rings. The molecule has 5 nitrogen and oxygen atoms in total. The third-order valence-electron chi connectivity index (χ3n) is 3.90. The first-order chi connectivity index (χ1) is 10.6. The lowest BCUT2D eigenvalue weighted by Gasteiger charge is -2.26. The molecule has 0 aliphatic carbocycles. The summed E-state index contributed by atoms with van der Waals surface area (Å²) in [5, 5.41) is 6.32. The molecule has 0 spiro atoms. The number of carbonyl (C=O) groups excluding carboxylic acids is 1. The lowest BCUT2D eigenvalue weighted by Crippen LogP contribution is -2.40. The van der Waals surface area contributed by atoms with E-state index in [1.807, 2.05) is 26.0 Å². The molecule has 1 fully saturated rings. The van der Waals surface area contributed by atoms with Crippen LogP contribution in [0.4, 0.5) is 5.69 Å². The van der Waals surface area contributed by atoms with E-state index in [9.17, 15) is 4.79 Å². The summed E-state index contributed by atoms with van der Waals surface area (Å²) in [7, 11) is 0. The van der Waals surface area contributed by atoms with Crippen LogP contribution >= 0.6 is 0 Å². The van der Waals surface area contributed by atoms with Crippen LogP contribution in [0.1, 0.15) is 17.5 Å². The molecule has 22 heavy (non-hydrogen) atoms. The molecule has 0 bridgehead atoms. The smallest absolute Gasteiger partial charge is 0.225 e. The number of hydrogen-bond acceptors (Lipinski definition) is 4. The summed E-state index contributed by atoms with van der Waals surface area (Å²) in [6.07, 6.45) is 0.497. The summed E-state index contributed by atoms with van der Waals surface area (Å²) in [6.45, 7) is 10.4. The van der Waals surface area contributed by atoms with Crippen LogP contribution in [0.25, 0.3) is 0 Å². The molecule has 0 aromatic heterocycles. The topological polar surface area (TPSA) is 53.6 Å². The molecule has 5 heteroatoms. The zero-order chi connectivity index (χ0) is 15.8. The van der Waals surface area contributed by atoms with E-state index in [2.05, 4.69) is 21.6 Å². The van der Waals surface area contributed by atoms with E-state index in [1.165, 1.54) is 0 Å². The van der Waals surface area contributed by atoms with Gasteiger partial charge in [0, 0.05) is 44.8 Å². The van der Waals surface area contributed by atoms with Crippen LogP contribution in [0, 0.1) is 13.8 Å². The first-order valence-electron chi connectivity index (χ1n) is 8.03. The van der Waals surface area contributed by atoms with Gasteiger partial charge >= 0.3 is 0 Å². The molecule has 1 aliphatic heterocycles. The number of ether oxygens (including phenoxy) is 1. The number of aryl methyl sites for hydroxylation is 2. The molecule has 1 amide bonds. The van der Waals surface area contributed by atoms with Gasteiger partial charge in [-0.05, 0) is 31.0 Å². The second kappa shape index (κ2) is 8.88. The average molecular weight is 305 g/mol. The Labute approximate surface area is 133 Å². The number of amides is 1. The van der Waals surface area contributed by atoms with Gasteiger partial charge in [0.05, 0.1) is 13.2 Å². The molecule has 0 saturated carbocycles. The highest BCUT2D eigenvalue weighted by Gasteiger charge is 2.09. The van der Waals surface area contributed by atoms with E-state index in [0.717, 1.165) is 56.2 Å². The standard InChI is InChI=1S/C17H27N3O2/c1-14-3-4-15(2)16(13-14)19-17(21)5-6-18-7-8-20-9-11-22-12-10-20/h3-4,13,18H,5-12H2,1-2H3,(H,19,21). The number of rotatable bonds is 7. The first-order valence-corrected chi connectivity index (χ1v) is 8.03. The van der Waals surface area contributed by atoms with Crippen molar-refractivity contribution in [2.24, 2.45) is 0 Å². The second-order valence-electron chi connectivity index (χ2n) is 5.82. The highest BCUT2D eigenvalue weighted by Crippen LogP contribution is 2.16. The Kier molecular flexibility index (Phi) is 6.83. The van der Waals surface area contributed by atoms with Crippen molar-refractivity contribution in [2.75, 3.05) is 51.3 Å². The van der Waals surface area contributed by atoms with E-state index in [4.69, 9.17) is 4.74 Å². The van der Waals surface area contributed by atoms with Crippen LogP contribution in [0.15, 0.2) is 18.2 Å². The maximum absolute atomic E-state index is 12.0. The van der Waals surface area contributed by atoms with Crippen molar-refractivity contribution in [2.45, 2.75) is 20.3 Å². The number of morpholine rings is 1. The van der Waals surface area contributed by atoms with Gasteiger partial charge in [-0.15, -0.1) is 0 Å². The zero-order valence-corrected chi connectivity index (χ0v) is 13.7. The van der Waals surface area contributed by atoms with Crippen molar-refractivity contribution in [3.8, 4) is 0 Å². The summed E-state index contributed by atoms with van der Waals surface area (Å²) in [5.41, 5.74) is 3.17. The van der Waals surface area contributed by atoms with Crippen molar-refractivity contribution < 1.29 is 9.53 Å². The molecular formula is C17H27N3O2. The molecule has 1 heterocycles. The van der Waals surface area contributed by atoms with Crippen LogP contribution in [0.5, 0.6) is 0 Å². The number of benzene rings is 1. The van der Waals surface area contributed by atoms with Crippen molar-refractivity contribution in [1.29, 1.82) is 0 Å². The summed E-state index contributed by atoms with van der Waals surface area (Å²) in [6, 6.07) is 6.10. The Morgan fingerprint density at radius 1 is 1.23 bits per heavy atom. The number of anilines is 1. The average Bonchev–Trinajstić information content (AvgIpc) is 2.51. The molecule has 0 unspecified atom stereocenters. The van der Waals surface area contributed by atoms with Crippen LogP contribution < -0.4 is 10.6 Å². The number of nitrogens with zero attached hydrogens (tertiary/aromatic N) is 1. The quantitative estimate of drug-likeness (QED) is 0.751. The van der Waals surface area contributed by atoms with Crippen molar-refractivity contribution in [1.82, 2.24) is 10.2 Å². The molecular weight excluding hydrogens is 278 g/mol. The van der Waals surface area contributed by atoms with Gasteiger partial charge in [-0.2, -0.15) is 0 Å². The van der Waals surface area contributed by atoms with Gasteiger partial charge in [0.1, 0.15) is 0 Å². The van der Waals surface area contributed by atoms with Gasteiger partial charge in [0.2, 0.25) is 5.91 Å². The molecule has 1 aromatic carbocycles. The molecule has 1 aromatic rings. The maximum atomic E-state index is 12.0. The molecule has 0 atom stereocenters. The van der Waals surface area contributed by atoms with Gasteiger partial charge in [-0.25, -0.2) is 0 Å².